The van der Waals surface area contributed by atoms with Crippen molar-refractivity contribution >= 4 is 17.2 Å². The van der Waals surface area contributed by atoms with Gasteiger partial charge in [-0.25, -0.2) is 4.98 Å². The lowest BCUT2D eigenvalue weighted by atomic mass is 10.2. The van der Waals surface area contributed by atoms with Crippen molar-refractivity contribution in [2.24, 2.45) is 0 Å². The topological polar surface area (TPSA) is 60.9 Å². The number of H-pyrrole nitrogens is 1. The molecule has 0 atom stereocenters. The summed E-state index contributed by atoms with van der Waals surface area (Å²) in [7, 11) is 0. The molecule has 1 aliphatic rings. The highest BCUT2D eigenvalue weighted by Gasteiger charge is 2.18. The fourth-order valence-corrected chi connectivity index (χ4v) is 3.48. The van der Waals surface area contributed by atoms with Gasteiger partial charge in [-0.05, 0) is 17.5 Å². The zero-order chi connectivity index (χ0) is 15.5. The lowest BCUT2D eigenvalue weighted by Gasteiger charge is -2.34. The molecular formula is C16H18N6S. The lowest BCUT2D eigenvalue weighted by molar-refractivity contribution is 0.246. The van der Waals surface area contributed by atoms with Crippen LogP contribution < -0.4 is 4.90 Å². The summed E-state index contributed by atoms with van der Waals surface area (Å²) in [6, 6.07) is 4.25. The van der Waals surface area contributed by atoms with Crippen LogP contribution in [0.2, 0.25) is 0 Å². The van der Waals surface area contributed by atoms with E-state index < -0.39 is 0 Å². The van der Waals surface area contributed by atoms with Crippen LogP contribution in [0.25, 0.3) is 11.3 Å². The first-order valence-electron chi connectivity index (χ1n) is 7.69. The first-order valence-corrected chi connectivity index (χ1v) is 8.63. The largest absolute Gasteiger partial charge is 0.353 e. The van der Waals surface area contributed by atoms with E-state index in [9.17, 15) is 0 Å². The molecule has 4 heterocycles. The molecule has 1 saturated heterocycles. The Bertz CT molecular complexity index is 731. The van der Waals surface area contributed by atoms with Gasteiger partial charge in [0.25, 0.3) is 0 Å². The molecule has 1 fully saturated rings. The van der Waals surface area contributed by atoms with E-state index in [1.165, 1.54) is 11.3 Å². The second-order valence-corrected chi connectivity index (χ2v) is 6.40. The summed E-state index contributed by atoms with van der Waals surface area (Å²) in [5.41, 5.74) is 3.38. The van der Waals surface area contributed by atoms with Crippen LogP contribution in [0.3, 0.4) is 0 Å². The Morgan fingerprint density at radius 3 is 2.83 bits per heavy atom. The predicted octanol–water partition coefficient (Wildman–Crippen LogP) is 2.25. The molecule has 7 heteroatoms. The molecule has 1 N–H and O–H groups in total. The molecule has 3 aromatic rings. The summed E-state index contributed by atoms with van der Waals surface area (Å²) in [6.45, 7) is 4.90. The van der Waals surface area contributed by atoms with Crippen LogP contribution in [0.4, 0.5) is 5.82 Å². The van der Waals surface area contributed by atoms with E-state index in [-0.39, 0.29) is 0 Å². The van der Waals surface area contributed by atoms with E-state index in [0.29, 0.717) is 0 Å². The number of hydrogen-bond acceptors (Lipinski definition) is 6. The third kappa shape index (κ3) is 3.25. The maximum Gasteiger partial charge on any atom is 0.147 e. The van der Waals surface area contributed by atoms with Gasteiger partial charge >= 0.3 is 0 Å². The highest BCUT2D eigenvalue weighted by atomic mass is 32.1. The Hall–Kier alpha value is -2.25. The van der Waals surface area contributed by atoms with Crippen molar-refractivity contribution in [3.05, 3.63) is 47.2 Å². The molecule has 0 aromatic carbocycles. The van der Waals surface area contributed by atoms with E-state index >= 15 is 0 Å². The third-order valence-electron chi connectivity index (χ3n) is 4.09. The third-order valence-corrected chi connectivity index (χ3v) is 4.77. The number of aromatic amines is 1. The molecule has 3 aromatic heterocycles. The van der Waals surface area contributed by atoms with Crippen molar-refractivity contribution in [2.45, 2.75) is 6.54 Å². The van der Waals surface area contributed by atoms with Crippen molar-refractivity contribution in [2.75, 3.05) is 31.1 Å². The van der Waals surface area contributed by atoms with Gasteiger partial charge in [0, 0.05) is 61.8 Å². The van der Waals surface area contributed by atoms with Gasteiger partial charge < -0.3 is 4.90 Å². The Morgan fingerprint density at radius 2 is 2.09 bits per heavy atom. The van der Waals surface area contributed by atoms with Gasteiger partial charge in [-0.3, -0.25) is 15.0 Å². The van der Waals surface area contributed by atoms with Crippen molar-refractivity contribution in [1.82, 2.24) is 25.1 Å². The second-order valence-electron chi connectivity index (χ2n) is 5.62. The average Bonchev–Trinajstić information content (AvgIpc) is 3.28. The van der Waals surface area contributed by atoms with Gasteiger partial charge in [0.1, 0.15) is 5.82 Å². The smallest absolute Gasteiger partial charge is 0.147 e. The first kappa shape index (κ1) is 14.3. The zero-order valence-electron chi connectivity index (χ0n) is 12.7. The Kier molecular flexibility index (Phi) is 4.04. The minimum atomic E-state index is 0.908. The number of piperazine rings is 1. The molecule has 4 rings (SSSR count). The number of thiophene rings is 1. The summed E-state index contributed by atoms with van der Waals surface area (Å²) >= 11 is 1.70. The fraction of sp³-hybridized carbons (Fsp3) is 0.312. The summed E-state index contributed by atoms with van der Waals surface area (Å²) < 4.78 is 0. The summed E-state index contributed by atoms with van der Waals surface area (Å²) in [5.74, 6) is 0.966. The van der Waals surface area contributed by atoms with Gasteiger partial charge in [-0.2, -0.15) is 16.4 Å². The first-order chi connectivity index (χ1) is 11.4. The van der Waals surface area contributed by atoms with Gasteiger partial charge in [0.15, 0.2) is 0 Å². The highest BCUT2D eigenvalue weighted by Crippen LogP contribution is 2.21. The van der Waals surface area contributed by atoms with Gasteiger partial charge in [-0.15, -0.1) is 0 Å². The SMILES string of the molecule is c1cnc(N2CCN(Cc3cc(-c4ccsc4)n[nH]3)CC2)cn1. The van der Waals surface area contributed by atoms with Gasteiger partial charge in [0.2, 0.25) is 0 Å². The number of nitrogens with one attached hydrogen (secondary N) is 1. The highest BCUT2D eigenvalue weighted by molar-refractivity contribution is 7.08. The maximum absolute atomic E-state index is 4.41. The monoisotopic (exact) mass is 326 g/mol. The normalized spacial score (nSPS) is 15.9. The number of rotatable bonds is 4. The Labute approximate surface area is 138 Å². The zero-order valence-corrected chi connectivity index (χ0v) is 13.5. The van der Waals surface area contributed by atoms with Gasteiger partial charge in [0.05, 0.1) is 11.9 Å². The minimum Gasteiger partial charge on any atom is -0.353 e. The van der Waals surface area contributed by atoms with Gasteiger partial charge in [-0.1, -0.05) is 0 Å². The maximum atomic E-state index is 4.41. The number of hydrogen-bond donors (Lipinski definition) is 1. The molecule has 0 radical (unpaired) electrons. The van der Waals surface area contributed by atoms with Crippen LogP contribution in [0.15, 0.2) is 41.5 Å². The number of aromatic nitrogens is 4. The summed E-state index contributed by atoms with van der Waals surface area (Å²) in [6.07, 6.45) is 5.29. The predicted molar refractivity (Wildman–Crippen MR) is 91.4 cm³/mol. The van der Waals surface area contributed by atoms with Crippen LogP contribution in [0.5, 0.6) is 0 Å². The van der Waals surface area contributed by atoms with E-state index in [1.54, 1.807) is 23.7 Å². The molecule has 0 bridgehead atoms. The molecule has 6 nitrogen and oxygen atoms in total. The second kappa shape index (κ2) is 6.47. The molecule has 0 spiro atoms. The van der Waals surface area contributed by atoms with Crippen molar-refractivity contribution in [3.8, 4) is 11.3 Å². The van der Waals surface area contributed by atoms with E-state index in [1.807, 2.05) is 6.20 Å². The quantitative estimate of drug-likeness (QED) is 0.797. The average molecular weight is 326 g/mol. The lowest BCUT2D eigenvalue weighted by Crippen LogP contribution is -2.46. The molecule has 0 unspecified atom stereocenters. The van der Waals surface area contributed by atoms with E-state index in [4.69, 9.17) is 0 Å². The van der Waals surface area contributed by atoms with Crippen LogP contribution in [0, 0.1) is 0 Å². The molecule has 118 valence electrons. The van der Waals surface area contributed by atoms with E-state index in [0.717, 1.165) is 44.2 Å². The molecule has 1 aliphatic heterocycles. The van der Waals surface area contributed by atoms with Crippen molar-refractivity contribution in [1.29, 1.82) is 0 Å². The van der Waals surface area contributed by atoms with Crippen LogP contribution in [-0.4, -0.2) is 51.2 Å². The molecular weight excluding hydrogens is 308 g/mol. The molecule has 0 saturated carbocycles. The minimum absolute atomic E-state index is 0.908. The van der Waals surface area contributed by atoms with Crippen LogP contribution >= 0.6 is 11.3 Å². The van der Waals surface area contributed by atoms with Crippen molar-refractivity contribution < 1.29 is 0 Å². The molecule has 0 amide bonds. The summed E-state index contributed by atoms with van der Waals surface area (Å²) in [5, 5.41) is 11.8. The van der Waals surface area contributed by atoms with Crippen LogP contribution in [-0.2, 0) is 6.54 Å². The van der Waals surface area contributed by atoms with Crippen LogP contribution in [0.1, 0.15) is 5.69 Å². The number of anilines is 1. The summed E-state index contributed by atoms with van der Waals surface area (Å²) in [4.78, 5) is 13.2. The standard InChI is InChI=1S/C16H18N6S/c1-8-23-12-13(1)15-9-14(19-20-15)11-21-4-6-22(7-5-21)16-10-17-2-3-18-16/h1-3,8-10,12H,4-7,11H2,(H,19,20). The Morgan fingerprint density at radius 1 is 1.17 bits per heavy atom. The van der Waals surface area contributed by atoms with E-state index in [2.05, 4.69) is 52.9 Å². The Balaban J connectivity index is 1.35. The number of nitrogens with zero attached hydrogens (tertiary/aromatic N) is 5. The fourth-order valence-electron chi connectivity index (χ4n) is 2.83. The molecule has 0 aliphatic carbocycles. The molecule has 23 heavy (non-hydrogen) atoms. The van der Waals surface area contributed by atoms with Crippen molar-refractivity contribution in [3.63, 3.8) is 0 Å².